The lowest BCUT2D eigenvalue weighted by Crippen LogP contribution is -1.92. The Morgan fingerprint density at radius 3 is 1.81 bits per heavy atom. The average molecular weight is 409 g/mol. The molecule has 3 aromatic carbocycles. The van der Waals surface area contributed by atoms with Crippen molar-refractivity contribution in [3.8, 4) is 0 Å². The van der Waals surface area contributed by atoms with Gasteiger partial charge in [0.25, 0.3) is 0 Å². The van der Waals surface area contributed by atoms with Gasteiger partial charge in [-0.2, -0.15) is 0 Å². The number of rotatable bonds is 11. The van der Waals surface area contributed by atoms with Crippen molar-refractivity contribution >= 4 is 17.4 Å². The summed E-state index contributed by atoms with van der Waals surface area (Å²) in [5.41, 5.74) is 6.91. The van der Waals surface area contributed by atoms with Crippen LogP contribution in [0.25, 0.3) is 11.6 Å². The van der Waals surface area contributed by atoms with Crippen molar-refractivity contribution in [1.82, 2.24) is 0 Å². The van der Waals surface area contributed by atoms with Crippen molar-refractivity contribution in [2.24, 2.45) is 0 Å². The molecule has 0 aliphatic carbocycles. The van der Waals surface area contributed by atoms with Gasteiger partial charge >= 0.3 is 0 Å². The normalized spacial score (nSPS) is 11.0. The number of benzene rings is 3. The molecule has 0 amide bonds. The minimum Gasteiger partial charge on any atom is -0.289 e. The highest BCUT2D eigenvalue weighted by atomic mass is 16.1. The fraction of sp³-hybridized carbons (Fsp3) is 0.233. The van der Waals surface area contributed by atoms with Gasteiger partial charge < -0.3 is 0 Å². The molecule has 0 unspecified atom stereocenters. The fourth-order valence-electron chi connectivity index (χ4n) is 3.63. The predicted molar refractivity (Wildman–Crippen MR) is 133 cm³/mol. The van der Waals surface area contributed by atoms with Gasteiger partial charge in [-0.3, -0.25) is 4.79 Å². The fourth-order valence-corrected chi connectivity index (χ4v) is 3.63. The first-order chi connectivity index (χ1) is 15.1. The Bertz CT molecular complexity index is 993. The van der Waals surface area contributed by atoms with Crippen LogP contribution in [0.2, 0.25) is 0 Å². The summed E-state index contributed by atoms with van der Waals surface area (Å²) >= 11 is 0. The van der Waals surface area contributed by atoms with E-state index < -0.39 is 0 Å². The second-order valence-electron chi connectivity index (χ2n) is 8.20. The first-order valence-corrected chi connectivity index (χ1v) is 11.2. The van der Waals surface area contributed by atoms with Crippen LogP contribution in [0.3, 0.4) is 0 Å². The van der Waals surface area contributed by atoms with E-state index in [1.54, 1.807) is 6.08 Å². The molecule has 1 nitrogen and oxygen atoms in total. The van der Waals surface area contributed by atoms with Crippen LogP contribution >= 0.6 is 0 Å². The molecule has 0 aliphatic rings. The number of aryl methyl sites for hydroxylation is 2. The maximum atomic E-state index is 12.2. The number of unbranched alkanes of at least 4 members (excludes halogenated alkanes) is 3. The van der Waals surface area contributed by atoms with Crippen molar-refractivity contribution in [2.45, 2.75) is 45.4 Å². The summed E-state index contributed by atoms with van der Waals surface area (Å²) in [6, 6.07) is 26.7. The summed E-state index contributed by atoms with van der Waals surface area (Å²) in [5.74, 6) is 0.0384. The van der Waals surface area contributed by atoms with Gasteiger partial charge in [0.15, 0.2) is 5.78 Å². The third kappa shape index (κ3) is 7.53. The minimum atomic E-state index is 0.0384. The molecule has 1 heteroatoms. The summed E-state index contributed by atoms with van der Waals surface area (Å²) in [4.78, 5) is 12.2. The summed E-state index contributed by atoms with van der Waals surface area (Å²) in [5, 5.41) is 0. The van der Waals surface area contributed by atoms with Gasteiger partial charge in [0.2, 0.25) is 0 Å². The standard InChI is InChI=1S/C30H32O/c1-24(2)28-21-18-26(19-22-28)11-7-4-3-6-10-25-14-16-27(17-15-25)20-23-30(31)29-12-8-5-9-13-29/h5,8-9,12-23H,1,3-4,6-7,10-11H2,2H3/b23-20+. The van der Waals surface area contributed by atoms with Crippen LogP contribution in [-0.4, -0.2) is 5.78 Å². The van der Waals surface area contributed by atoms with Crippen LogP contribution in [0.1, 0.15) is 65.2 Å². The predicted octanol–water partition coefficient (Wildman–Crippen LogP) is 7.96. The first kappa shape index (κ1) is 22.5. The molecule has 0 fully saturated rings. The zero-order chi connectivity index (χ0) is 21.9. The molecule has 0 N–H and O–H groups in total. The van der Waals surface area contributed by atoms with Gasteiger partial charge in [-0.25, -0.2) is 0 Å². The second kappa shape index (κ2) is 11.9. The molecule has 0 heterocycles. The van der Waals surface area contributed by atoms with Crippen LogP contribution in [0.15, 0.2) is 91.5 Å². The largest absolute Gasteiger partial charge is 0.289 e. The van der Waals surface area contributed by atoms with Crippen molar-refractivity contribution in [1.29, 1.82) is 0 Å². The summed E-state index contributed by atoms with van der Waals surface area (Å²) in [6.45, 7) is 6.04. The van der Waals surface area contributed by atoms with Crippen molar-refractivity contribution in [3.63, 3.8) is 0 Å². The molecule has 0 atom stereocenters. The topological polar surface area (TPSA) is 17.1 Å². The molecule has 0 aliphatic heterocycles. The molecule has 0 saturated heterocycles. The number of ketones is 1. The smallest absolute Gasteiger partial charge is 0.185 e. The van der Waals surface area contributed by atoms with Gasteiger partial charge in [-0.05, 0) is 60.9 Å². The van der Waals surface area contributed by atoms with E-state index >= 15 is 0 Å². The third-order valence-electron chi connectivity index (χ3n) is 5.59. The maximum Gasteiger partial charge on any atom is 0.185 e. The van der Waals surface area contributed by atoms with Crippen LogP contribution in [0.4, 0.5) is 0 Å². The van der Waals surface area contributed by atoms with E-state index in [0.29, 0.717) is 0 Å². The van der Waals surface area contributed by atoms with E-state index in [9.17, 15) is 4.79 Å². The lowest BCUT2D eigenvalue weighted by molar-refractivity contribution is 0.104. The molecule has 3 rings (SSSR count). The molecule has 31 heavy (non-hydrogen) atoms. The third-order valence-corrected chi connectivity index (χ3v) is 5.59. The minimum absolute atomic E-state index is 0.0384. The highest BCUT2D eigenvalue weighted by molar-refractivity contribution is 6.06. The first-order valence-electron chi connectivity index (χ1n) is 11.2. The quantitative estimate of drug-likeness (QED) is 0.179. The maximum absolute atomic E-state index is 12.2. The van der Waals surface area contributed by atoms with Gasteiger partial charge in [0.1, 0.15) is 0 Å². The van der Waals surface area contributed by atoms with E-state index in [4.69, 9.17) is 0 Å². The van der Waals surface area contributed by atoms with Crippen molar-refractivity contribution in [3.05, 3.63) is 119 Å². The molecule has 0 bridgehead atoms. The van der Waals surface area contributed by atoms with Gasteiger partial charge in [-0.15, -0.1) is 0 Å². The molecule has 0 aromatic heterocycles. The Morgan fingerprint density at radius 1 is 0.710 bits per heavy atom. The number of hydrogen-bond acceptors (Lipinski definition) is 1. The summed E-state index contributed by atoms with van der Waals surface area (Å²) in [6.07, 6.45) is 10.8. The number of hydrogen-bond donors (Lipinski definition) is 0. The monoisotopic (exact) mass is 408 g/mol. The number of allylic oxidation sites excluding steroid dienone is 2. The second-order valence-corrected chi connectivity index (χ2v) is 8.20. The van der Waals surface area contributed by atoms with E-state index in [0.717, 1.165) is 29.5 Å². The van der Waals surface area contributed by atoms with Crippen LogP contribution in [0, 0.1) is 0 Å². The molecule has 0 radical (unpaired) electrons. The van der Waals surface area contributed by atoms with E-state index in [1.165, 1.54) is 42.4 Å². The molecular weight excluding hydrogens is 376 g/mol. The lowest BCUT2D eigenvalue weighted by Gasteiger charge is -2.05. The average Bonchev–Trinajstić information content (AvgIpc) is 2.81. The van der Waals surface area contributed by atoms with Gasteiger partial charge in [0, 0.05) is 5.56 Å². The zero-order valence-electron chi connectivity index (χ0n) is 18.5. The van der Waals surface area contributed by atoms with Crippen molar-refractivity contribution in [2.75, 3.05) is 0 Å². The Morgan fingerprint density at radius 2 is 1.26 bits per heavy atom. The van der Waals surface area contributed by atoms with E-state index in [1.807, 2.05) is 43.3 Å². The van der Waals surface area contributed by atoms with Gasteiger partial charge in [0.05, 0.1) is 0 Å². The van der Waals surface area contributed by atoms with E-state index in [-0.39, 0.29) is 5.78 Å². The van der Waals surface area contributed by atoms with Crippen LogP contribution < -0.4 is 0 Å². The lowest BCUT2D eigenvalue weighted by atomic mass is 10.0. The molecule has 0 saturated carbocycles. The van der Waals surface area contributed by atoms with E-state index in [2.05, 4.69) is 55.1 Å². The van der Waals surface area contributed by atoms with Gasteiger partial charge in [-0.1, -0.05) is 110 Å². The zero-order valence-corrected chi connectivity index (χ0v) is 18.5. The SMILES string of the molecule is C=C(C)c1ccc(CCCCCCc2ccc(/C=C/C(=O)c3ccccc3)cc2)cc1. The van der Waals surface area contributed by atoms with Crippen LogP contribution in [-0.2, 0) is 12.8 Å². The summed E-state index contributed by atoms with van der Waals surface area (Å²) < 4.78 is 0. The molecule has 3 aromatic rings. The molecule has 0 spiro atoms. The molecular formula is C30H32O. The number of carbonyl (C=O) groups excluding carboxylic acids is 1. The Kier molecular flexibility index (Phi) is 8.60. The highest BCUT2D eigenvalue weighted by Gasteiger charge is 2.00. The van der Waals surface area contributed by atoms with Crippen molar-refractivity contribution < 1.29 is 4.79 Å². The Labute approximate surface area is 187 Å². The Balaban J connectivity index is 1.34. The summed E-state index contributed by atoms with van der Waals surface area (Å²) in [7, 11) is 0. The number of carbonyl (C=O) groups is 1. The van der Waals surface area contributed by atoms with Crippen LogP contribution in [0.5, 0.6) is 0 Å². The highest BCUT2D eigenvalue weighted by Crippen LogP contribution is 2.15. The molecule has 158 valence electrons. The Hall–Kier alpha value is -3.19.